The van der Waals surface area contributed by atoms with Crippen LogP contribution in [0.4, 0.5) is 11.8 Å². The number of hydrogen-bond acceptors (Lipinski definition) is 14. The zero-order valence-electron chi connectivity index (χ0n) is 29.5. The van der Waals surface area contributed by atoms with Gasteiger partial charge >= 0.3 is 0 Å². The van der Waals surface area contributed by atoms with E-state index in [0.717, 1.165) is 16.7 Å². The van der Waals surface area contributed by atoms with Crippen molar-refractivity contribution in [2.45, 2.75) is 50.2 Å². The summed E-state index contributed by atoms with van der Waals surface area (Å²) in [5.41, 5.74) is 4.12. The fourth-order valence-electron chi connectivity index (χ4n) is 6.47. The molecule has 15 heteroatoms. The number of hydrogen-bond donors (Lipinski definition) is 3. The molecule has 0 aliphatic carbocycles. The number of carbonyl (C=O) groups excluding carboxylic acids is 1. The Morgan fingerprint density at radius 2 is 1.68 bits per heavy atom. The zero-order chi connectivity index (χ0) is 36.7. The molecule has 1 aliphatic heterocycles. The molecule has 4 heterocycles. The first kappa shape index (κ1) is 35.3. The highest BCUT2D eigenvalue weighted by atomic mass is 16.6. The molecule has 6 aromatic rings. The van der Waals surface area contributed by atoms with Gasteiger partial charge in [0.2, 0.25) is 5.95 Å². The molecule has 3 aromatic carbocycles. The van der Waals surface area contributed by atoms with Gasteiger partial charge in [-0.15, -0.1) is 0 Å². The number of fused-ring (bicyclic) bond motifs is 1. The van der Waals surface area contributed by atoms with Crippen LogP contribution in [0.25, 0.3) is 11.2 Å². The Labute approximate surface area is 305 Å². The number of anilines is 2. The molecule has 0 spiro atoms. The maximum Gasteiger partial charge on any atom is 0.293 e. The predicted octanol–water partition coefficient (Wildman–Crippen LogP) is 4.86. The van der Waals surface area contributed by atoms with Gasteiger partial charge in [0.05, 0.1) is 20.5 Å². The lowest BCUT2D eigenvalue weighted by Crippen LogP contribution is -2.32. The fourth-order valence-corrected chi connectivity index (χ4v) is 6.47. The van der Waals surface area contributed by atoms with Gasteiger partial charge in [0, 0.05) is 25.4 Å². The van der Waals surface area contributed by atoms with Crippen LogP contribution in [-0.2, 0) is 27.1 Å². The van der Waals surface area contributed by atoms with Gasteiger partial charge in [-0.1, -0.05) is 78.8 Å². The van der Waals surface area contributed by atoms with Crippen molar-refractivity contribution in [2.75, 3.05) is 37.9 Å². The van der Waals surface area contributed by atoms with Gasteiger partial charge in [0.1, 0.15) is 6.10 Å². The van der Waals surface area contributed by atoms with E-state index in [0.29, 0.717) is 66.2 Å². The third kappa shape index (κ3) is 7.47. The average Bonchev–Trinajstić information content (AvgIpc) is 3.93. The maximum atomic E-state index is 11.7. The summed E-state index contributed by atoms with van der Waals surface area (Å²) >= 11 is 0. The normalized spacial score (nSPS) is 18.3. The van der Waals surface area contributed by atoms with E-state index in [1.165, 1.54) is 6.33 Å². The molecular weight excluding hydrogens is 680 g/mol. The molecule has 53 heavy (non-hydrogen) atoms. The van der Waals surface area contributed by atoms with Gasteiger partial charge < -0.3 is 39.2 Å². The predicted molar refractivity (Wildman–Crippen MR) is 194 cm³/mol. The lowest BCUT2D eigenvalue weighted by molar-refractivity contribution is -0.142. The van der Waals surface area contributed by atoms with Gasteiger partial charge in [-0.3, -0.25) is 9.36 Å². The second-order valence-corrected chi connectivity index (χ2v) is 12.4. The van der Waals surface area contributed by atoms with Crippen molar-refractivity contribution in [3.8, 4) is 11.5 Å². The number of carbonyl (C=O) groups is 1. The van der Waals surface area contributed by atoms with Crippen molar-refractivity contribution in [3.63, 3.8) is 0 Å². The summed E-state index contributed by atoms with van der Waals surface area (Å²) in [6.07, 6.45) is -1.87. The summed E-state index contributed by atoms with van der Waals surface area (Å²) in [5, 5.41) is 22.1. The van der Waals surface area contributed by atoms with Gasteiger partial charge in [0.25, 0.3) is 12.4 Å². The van der Waals surface area contributed by atoms with E-state index in [1.54, 1.807) is 18.8 Å². The van der Waals surface area contributed by atoms with Crippen LogP contribution >= 0.6 is 0 Å². The molecule has 1 fully saturated rings. The van der Waals surface area contributed by atoms with Crippen LogP contribution < -0.4 is 20.1 Å². The monoisotopic (exact) mass is 720 g/mol. The largest absolute Gasteiger partial charge is 0.493 e. The van der Waals surface area contributed by atoms with Gasteiger partial charge in [0.15, 0.2) is 52.7 Å². The lowest BCUT2D eigenvalue weighted by Gasteiger charge is -2.21. The van der Waals surface area contributed by atoms with Crippen LogP contribution in [0.1, 0.15) is 53.6 Å². The quantitative estimate of drug-likeness (QED) is 0.115. The van der Waals surface area contributed by atoms with Crippen molar-refractivity contribution in [2.24, 2.45) is 0 Å². The molecule has 0 unspecified atom stereocenters. The Morgan fingerprint density at radius 3 is 2.34 bits per heavy atom. The number of aliphatic hydroxyl groups is 1. The summed E-state index contributed by atoms with van der Waals surface area (Å²) in [6.45, 7) is 3.13. The second kappa shape index (κ2) is 16.1. The van der Waals surface area contributed by atoms with E-state index in [2.05, 4.69) is 45.0 Å². The fraction of sp³-hybridized carbons (Fsp3) is 0.316. The minimum absolute atomic E-state index is 0.00665. The molecule has 1 saturated heterocycles. The molecule has 7 rings (SSSR count). The van der Waals surface area contributed by atoms with Crippen LogP contribution in [0.5, 0.6) is 11.5 Å². The molecular formula is C38H40N8O7. The Kier molecular flexibility index (Phi) is 10.7. The highest BCUT2D eigenvalue weighted by Crippen LogP contribution is 2.41. The third-order valence-corrected chi connectivity index (χ3v) is 9.19. The molecule has 1 aliphatic rings. The summed E-state index contributed by atoms with van der Waals surface area (Å²) < 4.78 is 29.5. The molecule has 0 bridgehead atoms. The molecule has 0 radical (unpaired) electrons. The number of aliphatic hydroxyl groups excluding tert-OH is 1. The topological polar surface area (TPSA) is 181 Å². The molecule has 0 saturated carbocycles. The Morgan fingerprint density at radius 1 is 0.943 bits per heavy atom. The standard InChI is InChI=1S/C38H40N8O7/c1-4-29-42-36(53-45-29)32-31(48)33(51-22-47)37(52-32)46-21-41-30-34(40-20-26(24-11-7-5-8-12-24)25-13-9-6-10-14-25)43-38(44-35(30)46)39-18-17-23-15-16-27(49-2)28(19-23)50-3/h5-16,19,21-22,26,31-33,37,48H,4,17-18,20H2,1-3H3,(H2,39,40,43,44)/t31-,32+,33-,37-/m1/s1. The summed E-state index contributed by atoms with van der Waals surface area (Å²) in [5.74, 6) is 2.61. The first-order valence-electron chi connectivity index (χ1n) is 17.3. The Bertz CT molecular complexity index is 2090. The lowest BCUT2D eigenvalue weighted by atomic mass is 9.91. The number of benzene rings is 3. The molecule has 4 atom stereocenters. The van der Waals surface area contributed by atoms with Crippen molar-refractivity contribution in [1.29, 1.82) is 0 Å². The molecule has 0 amide bonds. The van der Waals surface area contributed by atoms with Crippen LogP contribution in [0, 0.1) is 0 Å². The minimum atomic E-state index is -1.32. The van der Waals surface area contributed by atoms with Gasteiger partial charge in [-0.2, -0.15) is 15.0 Å². The maximum absolute atomic E-state index is 11.7. The summed E-state index contributed by atoms with van der Waals surface area (Å²) in [4.78, 5) is 30.4. The first-order valence-corrected chi connectivity index (χ1v) is 17.3. The number of ether oxygens (including phenoxy) is 4. The van der Waals surface area contributed by atoms with Gasteiger partial charge in [-0.05, 0) is 35.2 Å². The number of nitrogens with one attached hydrogen (secondary N) is 2. The zero-order valence-corrected chi connectivity index (χ0v) is 29.5. The van der Waals surface area contributed by atoms with Crippen molar-refractivity contribution >= 4 is 29.4 Å². The van der Waals surface area contributed by atoms with E-state index < -0.39 is 24.5 Å². The molecule has 3 N–H and O–H groups in total. The highest BCUT2D eigenvalue weighted by Gasteiger charge is 2.50. The van der Waals surface area contributed by atoms with E-state index in [1.807, 2.05) is 61.5 Å². The number of imidazole rings is 1. The van der Waals surface area contributed by atoms with Crippen molar-refractivity contribution < 1.29 is 33.4 Å². The molecule has 3 aromatic heterocycles. The van der Waals surface area contributed by atoms with E-state index in [9.17, 15) is 9.90 Å². The Hall–Kier alpha value is -6.06. The minimum Gasteiger partial charge on any atom is -0.493 e. The number of methoxy groups -OCH3 is 2. The van der Waals surface area contributed by atoms with E-state index in [-0.39, 0.29) is 18.3 Å². The first-order chi connectivity index (χ1) is 26.0. The number of aromatic nitrogens is 6. The van der Waals surface area contributed by atoms with Crippen LogP contribution in [-0.4, -0.2) is 80.8 Å². The summed E-state index contributed by atoms with van der Waals surface area (Å²) in [6, 6.07) is 26.3. The highest BCUT2D eigenvalue weighted by molar-refractivity contribution is 5.84. The van der Waals surface area contributed by atoms with E-state index in [4.69, 9.17) is 38.4 Å². The average molecular weight is 721 g/mol. The number of rotatable bonds is 16. The van der Waals surface area contributed by atoms with E-state index >= 15 is 0 Å². The number of aryl methyl sites for hydroxylation is 1. The van der Waals surface area contributed by atoms with Crippen LogP contribution in [0.15, 0.2) is 89.7 Å². The molecule has 274 valence electrons. The third-order valence-electron chi connectivity index (χ3n) is 9.19. The second-order valence-electron chi connectivity index (χ2n) is 12.4. The molecule has 15 nitrogen and oxygen atoms in total. The van der Waals surface area contributed by atoms with Crippen LogP contribution in [0.2, 0.25) is 0 Å². The Balaban J connectivity index is 1.23. The van der Waals surface area contributed by atoms with Crippen molar-refractivity contribution in [1.82, 2.24) is 29.7 Å². The van der Waals surface area contributed by atoms with Crippen LogP contribution in [0.3, 0.4) is 0 Å². The summed E-state index contributed by atoms with van der Waals surface area (Å²) in [7, 11) is 3.20. The SMILES string of the molecule is CCc1noc([C@H]2O[C@@H](n3cnc4c(NCC(c5ccccc5)c5ccccc5)nc(NCCc5ccc(OC)c(OC)c5)nc43)[C@H](OC=O)[C@@H]2O)n1. The number of nitrogens with zero attached hydrogens (tertiary/aromatic N) is 6. The van der Waals surface area contributed by atoms with Crippen molar-refractivity contribution in [3.05, 3.63) is 114 Å². The van der Waals surface area contributed by atoms with Gasteiger partial charge in [-0.25, -0.2) is 4.98 Å². The smallest absolute Gasteiger partial charge is 0.293 e.